The van der Waals surface area contributed by atoms with Crippen LogP contribution in [-0.2, 0) is 6.18 Å². The van der Waals surface area contributed by atoms with E-state index in [9.17, 15) is 27.9 Å². The lowest BCUT2D eigenvalue weighted by atomic mass is 10.1. The molecule has 0 atom stereocenters. The van der Waals surface area contributed by atoms with Crippen LogP contribution >= 0.6 is 0 Å². The Hall–Kier alpha value is -3.03. The van der Waals surface area contributed by atoms with E-state index in [0.717, 1.165) is 12.1 Å². The molecule has 3 rings (SSSR count). The average molecular weight is 392 g/mol. The molecule has 1 aliphatic heterocycles. The molecule has 0 aliphatic carbocycles. The number of nitrogens with zero attached hydrogens (tertiary/aromatic N) is 2. The average Bonchev–Trinajstić information content (AvgIpc) is 2.92. The van der Waals surface area contributed by atoms with Gasteiger partial charge in [-0.3, -0.25) is 9.59 Å². The summed E-state index contributed by atoms with van der Waals surface area (Å²) >= 11 is 0. The number of halogens is 3. The van der Waals surface area contributed by atoms with Crippen molar-refractivity contribution in [3.05, 3.63) is 65.2 Å². The highest BCUT2D eigenvalue weighted by Gasteiger charge is 2.30. The lowest BCUT2D eigenvalue weighted by Gasteiger charge is -2.22. The molecule has 0 unspecified atom stereocenters. The molecule has 0 aromatic heterocycles. The Morgan fingerprint density at radius 3 is 1.93 bits per heavy atom. The molecule has 28 heavy (non-hydrogen) atoms. The topological polar surface area (TPSA) is 60.9 Å². The van der Waals surface area contributed by atoms with E-state index in [1.807, 2.05) is 0 Å². The smallest absolute Gasteiger partial charge is 0.416 e. The van der Waals surface area contributed by atoms with E-state index in [-0.39, 0.29) is 29.7 Å². The first-order valence-electron chi connectivity index (χ1n) is 8.80. The van der Waals surface area contributed by atoms with E-state index < -0.39 is 11.7 Å². The number of rotatable bonds is 2. The van der Waals surface area contributed by atoms with Gasteiger partial charge < -0.3 is 14.9 Å². The molecule has 5 nitrogen and oxygen atoms in total. The molecule has 1 N–H and O–H groups in total. The summed E-state index contributed by atoms with van der Waals surface area (Å²) < 4.78 is 38.0. The second-order valence-corrected chi connectivity index (χ2v) is 6.56. The molecule has 1 fully saturated rings. The summed E-state index contributed by atoms with van der Waals surface area (Å²) in [5.41, 5.74) is -0.258. The Labute approximate surface area is 160 Å². The molecule has 148 valence electrons. The largest absolute Gasteiger partial charge is 0.508 e. The van der Waals surface area contributed by atoms with Crippen LogP contribution in [0.15, 0.2) is 48.5 Å². The zero-order chi connectivity index (χ0) is 20.3. The number of amides is 2. The molecule has 1 saturated heterocycles. The SMILES string of the molecule is O=C(c1ccc(C(F)(F)F)cc1)N1CCCN(C(=O)c2cccc(O)c2)CC1. The molecule has 2 amide bonds. The molecule has 1 aliphatic rings. The maximum Gasteiger partial charge on any atom is 0.416 e. The fraction of sp³-hybridized carbons (Fsp3) is 0.300. The van der Waals surface area contributed by atoms with Crippen molar-refractivity contribution in [2.75, 3.05) is 26.2 Å². The Bertz CT molecular complexity index is 866. The predicted octanol–water partition coefficient (Wildman–Crippen LogP) is 3.40. The Kier molecular flexibility index (Phi) is 5.58. The maximum absolute atomic E-state index is 12.7. The number of alkyl halides is 3. The van der Waals surface area contributed by atoms with Crippen LogP contribution in [0, 0.1) is 0 Å². The van der Waals surface area contributed by atoms with Gasteiger partial charge in [-0.05, 0) is 48.9 Å². The highest BCUT2D eigenvalue weighted by molar-refractivity contribution is 5.95. The van der Waals surface area contributed by atoms with E-state index in [0.29, 0.717) is 31.6 Å². The molecule has 0 bridgehead atoms. The van der Waals surface area contributed by atoms with Gasteiger partial charge in [-0.2, -0.15) is 13.2 Å². The monoisotopic (exact) mass is 392 g/mol. The molecule has 1 heterocycles. The predicted molar refractivity (Wildman–Crippen MR) is 96.0 cm³/mol. The Morgan fingerprint density at radius 2 is 1.39 bits per heavy atom. The number of phenolic OH excluding ortho intramolecular Hbond substituents is 1. The number of carbonyl (C=O) groups excluding carboxylic acids is 2. The third-order valence-corrected chi connectivity index (χ3v) is 4.62. The Morgan fingerprint density at radius 1 is 0.821 bits per heavy atom. The highest BCUT2D eigenvalue weighted by Crippen LogP contribution is 2.29. The van der Waals surface area contributed by atoms with Crippen LogP contribution in [0.1, 0.15) is 32.7 Å². The lowest BCUT2D eigenvalue weighted by molar-refractivity contribution is -0.137. The first-order valence-corrected chi connectivity index (χ1v) is 8.80. The van der Waals surface area contributed by atoms with Crippen LogP contribution in [0.3, 0.4) is 0 Å². The van der Waals surface area contributed by atoms with Gasteiger partial charge in [0.05, 0.1) is 5.56 Å². The second kappa shape index (κ2) is 7.92. The molecule has 8 heteroatoms. The standard InChI is InChI=1S/C20H19F3N2O3/c21-20(22,23)16-7-5-14(6-8-16)18(27)24-9-2-10-25(12-11-24)19(28)15-3-1-4-17(26)13-15/h1,3-8,13,26H,2,9-12H2. The maximum atomic E-state index is 12.7. The zero-order valence-electron chi connectivity index (χ0n) is 14.9. The number of aromatic hydroxyl groups is 1. The highest BCUT2D eigenvalue weighted by atomic mass is 19.4. The van der Waals surface area contributed by atoms with Gasteiger partial charge in [0.1, 0.15) is 5.75 Å². The van der Waals surface area contributed by atoms with E-state index >= 15 is 0 Å². The van der Waals surface area contributed by atoms with Crippen LogP contribution in [0.4, 0.5) is 13.2 Å². The summed E-state index contributed by atoms with van der Waals surface area (Å²) in [6.07, 6.45) is -3.89. The van der Waals surface area contributed by atoms with Crippen LogP contribution in [0.2, 0.25) is 0 Å². The van der Waals surface area contributed by atoms with Crippen LogP contribution in [0.25, 0.3) is 0 Å². The van der Waals surface area contributed by atoms with Crippen molar-refractivity contribution in [2.45, 2.75) is 12.6 Å². The number of hydrogen-bond acceptors (Lipinski definition) is 3. The van der Waals surface area contributed by atoms with E-state index in [1.165, 1.54) is 24.3 Å². The van der Waals surface area contributed by atoms with Crippen molar-refractivity contribution in [2.24, 2.45) is 0 Å². The summed E-state index contributed by atoms with van der Waals surface area (Å²) in [4.78, 5) is 28.3. The first kappa shape index (κ1) is 19.7. The van der Waals surface area contributed by atoms with Gasteiger partial charge >= 0.3 is 6.18 Å². The Balaban J connectivity index is 1.66. The fourth-order valence-corrected chi connectivity index (χ4v) is 3.13. The van der Waals surface area contributed by atoms with Gasteiger partial charge in [-0.15, -0.1) is 0 Å². The van der Waals surface area contributed by atoms with Gasteiger partial charge in [0, 0.05) is 37.3 Å². The van der Waals surface area contributed by atoms with Crippen LogP contribution in [0.5, 0.6) is 5.75 Å². The second-order valence-electron chi connectivity index (χ2n) is 6.56. The molecule has 0 spiro atoms. The first-order chi connectivity index (χ1) is 13.3. The van der Waals surface area contributed by atoms with Crippen LogP contribution < -0.4 is 0 Å². The number of phenols is 1. The summed E-state index contributed by atoms with van der Waals surface area (Å²) in [5.74, 6) is -0.597. The molecule has 0 radical (unpaired) electrons. The number of hydrogen-bond donors (Lipinski definition) is 1. The minimum absolute atomic E-state index is 0.000204. The van der Waals surface area contributed by atoms with Crippen molar-refractivity contribution in [3.63, 3.8) is 0 Å². The summed E-state index contributed by atoms with van der Waals surface area (Å²) in [6.45, 7) is 1.44. The third-order valence-electron chi connectivity index (χ3n) is 4.62. The van der Waals surface area contributed by atoms with E-state index in [1.54, 1.807) is 21.9 Å². The van der Waals surface area contributed by atoms with Gasteiger partial charge in [-0.1, -0.05) is 6.07 Å². The van der Waals surface area contributed by atoms with Crippen molar-refractivity contribution >= 4 is 11.8 Å². The van der Waals surface area contributed by atoms with Gasteiger partial charge in [0.25, 0.3) is 11.8 Å². The van der Waals surface area contributed by atoms with Crippen molar-refractivity contribution in [1.82, 2.24) is 9.80 Å². The minimum atomic E-state index is -4.45. The van der Waals surface area contributed by atoms with Crippen molar-refractivity contribution in [3.8, 4) is 5.75 Å². The normalized spacial score (nSPS) is 15.2. The molecule has 2 aromatic carbocycles. The summed E-state index contributed by atoms with van der Waals surface area (Å²) in [5, 5.41) is 9.53. The zero-order valence-corrected chi connectivity index (χ0v) is 14.9. The molecule has 0 saturated carbocycles. The van der Waals surface area contributed by atoms with Gasteiger partial charge in [0.15, 0.2) is 0 Å². The molecular formula is C20H19F3N2O3. The van der Waals surface area contributed by atoms with E-state index in [2.05, 4.69) is 0 Å². The minimum Gasteiger partial charge on any atom is -0.508 e. The van der Waals surface area contributed by atoms with Crippen molar-refractivity contribution < 1.29 is 27.9 Å². The number of carbonyl (C=O) groups is 2. The summed E-state index contributed by atoms with van der Waals surface area (Å²) in [7, 11) is 0. The van der Waals surface area contributed by atoms with E-state index in [4.69, 9.17) is 0 Å². The molecular weight excluding hydrogens is 373 g/mol. The van der Waals surface area contributed by atoms with Crippen molar-refractivity contribution in [1.29, 1.82) is 0 Å². The third kappa shape index (κ3) is 4.44. The summed E-state index contributed by atoms with van der Waals surface area (Å²) in [6, 6.07) is 10.2. The quantitative estimate of drug-likeness (QED) is 0.852. The lowest BCUT2D eigenvalue weighted by Crippen LogP contribution is -2.37. The van der Waals surface area contributed by atoms with Gasteiger partial charge in [0.2, 0.25) is 0 Å². The van der Waals surface area contributed by atoms with Crippen LogP contribution in [-0.4, -0.2) is 52.9 Å². The van der Waals surface area contributed by atoms with Gasteiger partial charge in [-0.25, -0.2) is 0 Å². The molecule has 2 aromatic rings. The fourth-order valence-electron chi connectivity index (χ4n) is 3.13. The number of benzene rings is 2.